The summed E-state index contributed by atoms with van der Waals surface area (Å²) in [6.45, 7) is 5.36. The van der Waals surface area contributed by atoms with Gasteiger partial charge in [0.25, 0.3) is 5.91 Å². The smallest absolute Gasteiger partial charge is 0.349 e. The molecule has 2 aromatic rings. The number of aromatic nitrogens is 2. The molecular weight excluding hydrogens is 282 g/mol. The standard InChI is InChI=1S/C16H19N3O3/c1-8-7-12(11-5-4-6-11)22-16(21)13(8)15(20)17-14-9(2)18-19-10(14)3/h7,11H,4-6H2,1-3H3,(H,17,20)(H,18,19). The Bertz CT molecular complexity index is 765. The third-order valence-electron chi connectivity index (χ3n) is 4.27. The zero-order chi connectivity index (χ0) is 15.9. The molecule has 0 spiro atoms. The molecule has 2 N–H and O–H groups in total. The molecule has 0 radical (unpaired) electrons. The summed E-state index contributed by atoms with van der Waals surface area (Å²) in [5.41, 5.74) is 2.17. The number of anilines is 1. The number of carbonyl (C=O) groups is 1. The molecule has 1 aliphatic rings. The van der Waals surface area contributed by atoms with E-state index in [4.69, 9.17) is 4.42 Å². The third kappa shape index (κ3) is 2.45. The van der Waals surface area contributed by atoms with Gasteiger partial charge in [-0.15, -0.1) is 0 Å². The van der Waals surface area contributed by atoms with Gasteiger partial charge in [0.1, 0.15) is 11.3 Å². The van der Waals surface area contributed by atoms with Crippen molar-refractivity contribution >= 4 is 11.6 Å². The maximum atomic E-state index is 12.4. The van der Waals surface area contributed by atoms with Crippen LogP contribution < -0.4 is 10.9 Å². The van der Waals surface area contributed by atoms with E-state index in [-0.39, 0.29) is 5.56 Å². The number of H-pyrrole nitrogens is 1. The van der Waals surface area contributed by atoms with Gasteiger partial charge >= 0.3 is 5.63 Å². The number of nitrogens with zero attached hydrogens (tertiary/aromatic N) is 1. The molecule has 2 heterocycles. The Hall–Kier alpha value is -2.37. The highest BCUT2D eigenvalue weighted by Crippen LogP contribution is 2.36. The van der Waals surface area contributed by atoms with E-state index in [9.17, 15) is 9.59 Å². The minimum absolute atomic E-state index is 0.0584. The number of rotatable bonds is 3. The maximum absolute atomic E-state index is 12.4. The van der Waals surface area contributed by atoms with Crippen LogP contribution in [0.1, 0.15) is 58.2 Å². The molecule has 0 unspecified atom stereocenters. The van der Waals surface area contributed by atoms with Crippen molar-refractivity contribution in [2.75, 3.05) is 5.32 Å². The van der Waals surface area contributed by atoms with Crippen molar-refractivity contribution < 1.29 is 9.21 Å². The summed E-state index contributed by atoms with van der Waals surface area (Å²) in [4.78, 5) is 24.6. The molecule has 0 aliphatic heterocycles. The molecule has 0 atom stereocenters. The van der Waals surface area contributed by atoms with Crippen molar-refractivity contribution in [1.29, 1.82) is 0 Å². The van der Waals surface area contributed by atoms with Crippen LogP contribution in [0.15, 0.2) is 15.3 Å². The Kier molecular flexibility index (Phi) is 3.60. The maximum Gasteiger partial charge on any atom is 0.349 e. The fourth-order valence-electron chi connectivity index (χ4n) is 2.71. The van der Waals surface area contributed by atoms with Crippen LogP contribution in [0.2, 0.25) is 0 Å². The number of amides is 1. The highest BCUT2D eigenvalue weighted by atomic mass is 16.4. The first-order valence-corrected chi connectivity index (χ1v) is 7.45. The van der Waals surface area contributed by atoms with Crippen LogP contribution in [-0.2, 0) is 0 Å². The SMILES string of the molecule is Cc1cc(C2CCC2)oc(=O)c1C(=O)Nc1c(C)n[nH]c1C. The van der Waals surface area contributed by atoms with Gasteiger partial charge in [-0.2, -0.15) is 5.10 Å². The van der Waals surface area contributed by atoms with Crippen LogP contribution in [0.4, 0.5) is 5.69 Å². The summed E-state index contributed by atoms with van der Waals surface area (Å²) in [5, 5.41) is 9.56. The number of aromatic amines is 1. The van der Waals surface area contributed by atoms with Crippen molar-refractivity contribution in [2.45, 2.75) is 46.0 Å². The molecule has 6 nitrogen and oxygen atoms in total. The van der Waals surface area contributed by atoms with Gasteiger partial charge < -0.3 is 9.73 Å². The molecule has 116 valence electrons. The van der Waals surface area contributed by atoms with Crippen molar-refractivity contribution in [1.82, 2.24) is 10.2 Å². The van der Waals surface area contributed by atoms with Gasteiger partial charge in [0.2, 0.25) is 0 Å². The van der Waals surface area contributed by atoms with E-state index in [1.165, 1.54) is 0 Å². The fraction of sp³-hybridized carbons (Fsp3) is 0.438. The molecular formula is C16H19N3O3. The van der Waals surface area contributed by atoms with Crippen molar-refractivity contribution in [3.63, 3.8) is 0 Å². The second-order valence-electron chi connectivity index (χ2n) is 5.89. The van der Waals surface area contributed by atoms with E-state index >= 15 is 0 Å². The Morgan fingerprint density at radius 1 is 1.36 bits per heavy atom. The molecule has 0 saturated heterocycles. The van der Waals surface area contributed by atoms with Crippen LogP contribution in [-0.4, -0.2) is 16.1 Å². The first kappa shape index (κ1) is 14.6. The summed E-state index contributed by atoms with van der Waals surface area (Å²) < 4.78 is 5.35. The Morgan fingerprint density at radius 2 is 2.09 bits per heavy atom. The summed E-state index contributed by atoms with van der Waals surface area (Å²) in [6, 6.07) is 1.81. The lowest BCUT2D eigenvalue weighted by molar-refractivity contribution is 0.102. The highest BCUT2D eigenvalue weighted by Gasteiger charge is 2.25. The summed E-state index contributed by atoms with van der Waals surface area (Å²) in [5.74, 6) is 0.557. The van der Waals surface area contributed by atoms with E-state index in [1.54, 1.807) is 13.8 Å². The lowest BCUT2D eigenvalue weighted by atomic mass is 9.83. The average Bonchev–Trinajstić information content (AvgIpc) is 2.67. The van der Waals surface area contributed by atoms with Crippen LogP contribution in [0.5, 0.6) is 0 Å². The molecule has 6 heteroatoms. The minimum Gasteiger partial charge on any atom is -0.427 e. The average molecular weight is 301 g/mol. The zero-order valence-electron chi connectivity index (χ0n) is 12.9. The highest BCUT2D eigenvalue weighted by molar-refractivity contribution is 6.05. The van der Waals surface area contributed by atoms with Gasteiger partial charge in [-0.3, -0.25) is 9.89 Å². The number of hydrogen-bond acceptors (Lipinski definition) is 4. The molecule has 2 aromatic heterocycles. The second kappa shape index (κ2) is 5.44. The molecule has 1 aliphatic carbocycles. The van der Waals surface area contributed by atoms with Crippen LogP contribution in [0.3, 0.4) is 0 Å². The Morgan fingerprint density at radius 3 is 2.59 bits per heavy atom. The third-order valence-corrected chi connectivity index (χ3v) is 4.27. The van der Waals surface area contributed by atoms with Gasteiger partial charge in [-0.25, -0.2) is 4.79 Å². The normalized spacial score (nSPS) is 14.7. The van der Waals surface area contributed by atoms with Gasteiger partial charge in [0, 0.05) is 5.92 Å². The summed E-state index contributed by atoms with van der Waals surface area (Å²) >= 11 is 0. The number of hydrogen-bond donors (Lipinski definition) is 2. The van der Waals surface area contributed by atoms with E-state index < -0.39 is 11.5 Å². The van der Waals surface area contributed by atoms with Crippen molar-refractivity contribution in [3.8, 4) is 0 Å². The largest absolute Gasteiger partial charge is 0.427 e. The quantitative estimate of drug-likeness (QED) is 0.912. The van der Waals surface area contributed by atoms with Crippen molar-refractivity contribution in [3.05, 3.63) is 44.8 Å². The summed E-state index contributed by atoms with van der Waals surface area (Å²) in [6.07, 6.45) is 3.25. The number of carbonyl (C=O) groups excluding carboxylic acids is 1. The van der Waals surface area contributed by atoms with Crippen LogP contribution >= 0.6 is 0 Å². The van der Waals surface area contributed by atoms with Gasteiger partial charge in [-0.1, -0.05) is 6.42 Å². The van der Waals surface area contributed by atoms with E-state index in [2.05, 4.69) is 15.5 Å². The van der Waals surface area contributed by atoms with E-state index in [1.807, 2.05) is 13.0 Å². The van der Waals surface area contributed by atoms with Gasteiger partial charge in [0.15, 0.2) is 0 Å². The first-order valence-electron chi connectivity index (χ1n) is 7.45. The number of aryl methyl sites for hydroxylation is 3. The molecule has 3 rings (SSSR count). The predicted molar refractivity (Wildman–Crippen MR) is 82.3 cm³/mol. The Labute approximate surface area is 127 Å². The fourth-order valence-corrected chi connectivity index (χ4v) is 2.71. The first-order chi connectivity index (χ1) is 10.5. The van der Waals surface area contributed by atoms with E-state index in [0.717, 1.165) is 25.0 Å². The molecule has 22 heavy (non-hydrogen) atoms. The zero-order valence-corrected chi connectivity index (χ0v) is 12.9. The number of nitrogens with one attached hydrogen (secondary N) is 2. The van der Waals surface area contributed by atoms with Crippen LogP contribution in [0, 0.1) is 20.8 Å². The van der Waals surface area contributed by atoms with Crippen LogP contribution in [0.25, 0.3) is 0 Å². The monoisotopic (exact) mass is 301 g/mol. The topological polar surface area (TPSA) is 88.0 Å². The minimum atomic E-state index is -0.571. The molecule has 1 fully saturated rings. The van der Waals surface area contributed by atoms with Gasteiger partial charge in [0.05, 0.1) is 17.1 Å². The molecule has 1 amide bonds. The molecule has 0 aromatic carbocycles. The van der Waals surface area contributed by atoms with Gasteiger partial charge in [-0.05, 0) is 45.2 Å². The van der Waals surface area contributed by atoms with E-state index in [0.29, 0.717) is 28.6 Å². The predicted octanol–water partition coefficient (Wildman–Crippen LogP) is 2.81. The molecule has 1 saturated carbocycles. The second-order valence-corrected chi connectivity index (χ2v) is 5.89. The lowest BCUT2D eigenvalue weighted by Gasteiger charge is -2.24. The van der Waals surface area contributed by atoms with Crippen molar-refractivity contribution in [2.24, 2.45) is 0 Å². The molecule has 0 bridgehead atoms. The Balaban J connectivity index is 1.91. The summed E-state index contributed by atoms with van der Waals surface area (Å²) in [7, 11) is 0. The lowest BCUT2D eigenvalue weighted by Crippen LogP contribution is -2.24.